The van der Waals surface area contributed by atoms with Crippen LogP contribution in [0.25, 0.3) is 0 Å². The zero-order valence-electron chi connectivity index (χ0n) is 11.0. The van der Waals surface area contributed by atoms with E-state index >= 15 is 0 Å². The van der Waals surface area contributed by atoms with Crippen molar-refractivity contribution in [3.8, 4) is 0 Å². The molecule has 0 fully saturated rings. The number of amides is 2. The van der Waals surface area contributed by atoms with E-state index in [0.717, 1.165) is 19.3 Å². The van der Waals surface area contributed by atoms with Crippen LogP contribution < -0.4 is 10.6 Å². The van der Waals surface area contributed by atoms with E-state index in [1.165, 1.54) is 0 Å². The average Bonchev–Trinajstić information content (AvgIpc) is 2.23. The number of carbonyl (C=O) groups is 2. The second-order valence-corrected chi connectivity index (χ2v) is 4.62. The van der Waals surface area contributed by atoms with Crippen molar-refractivity contribution in [3.63, 3.8) is 0 Å². The van der Waals surface area contributed by atoms with Gasteiger partial charge in [-0.15, -0.1) is 0 Å². The molecule has 0 radical (unpaired) electrons. The van der Waals surface area contributed by atoms with Crippen molar-refractivity contribution in [1.82, 2.24) is 10.6 Å². The molecule has 0 aromatic carbocycles. The first-order valence-electron chi connectivity index (χ1n) is 6.24. The van der Waals surface area contributed by atoms with Crippen molar-refractivity contribution in [2.45, 2.75) is 52.5 Å². The summed E-state index contributed by atoms with van der Waals surface area (Å²) < 4.78 is 0. The Morgan fingerprint density at radius 2 is 1.88 bits per heavy atom. The first kappa shape index (κ1) is 15.7. The summed E-state index contributed by atoms with van der Waals surface area (Å²) in [5, 5.41) is 14.1. The number of carboxylic acids is 1. The van der Waals surface area contributed by atoms with Crippen LogP contribution in [0.4, 0.5) is 4.79 Å². The molecule has 5 heteroatoms. The largest absolute Gasteiger partial charge is 0.480 e. The predicted molar refractivity (Wildman–Crippen MR) is 66.9 cm³/mol. The highest BCUT2D eigenvalue weighted by atomic mass is 16.4. The Kier molecular flexibility index (Phi) is 8.19. The van der Waals surface area contributed by atoms with Crippen LogP contribution in [-0.4, -0.2) is 29.7 Å². The van der Waals surface area contributed by atoms with E-state index in [-0.39, 0.29) is 0 Å². The lowest BCUT2D eigenvalue weighted by molar-refractivity contribution is -0.139. The molecule has 0 saturated heterocycles. The van der Waals surface area contributed by atoms with Gasteiger partial charge in [-0.25, -0.2) is 9.59 Å². The molecule has 0 unspecified atom stereocenters. The van der Waals surface area contributed by atoms with Crippen molar-refractivity contribution in [2.75, 3.05) is 6.54 Å². The maximum Gasteiger partial charge on any atom is 0.326 e. The zero-order valence-corrected chi connectivity index (χ0v) is 11.0. The number of hydrogen-bond acceptors (Lipinski definition) is 2. The maximum atomic E-state index is 11.4. The van der Waals surface area contributed by atoms with E-state index < -0.39 is 18.0 Å². The second-order valence-electron chi connectivity index (χ2n) is 4.62. The lowest BCUT2D eigenvalue weighted by Gasteiger charge is -2.15. The third-order valence-corrected chi connectivity index (χ3v) is 2.46. The summed E-state index contributed by atoms with van der Waals surface area (Å²) in [7, 11) is 0. The molecule has 0 bridgehead atoms. The topological polar surface area (TPSA) is 78.4 Å². The third-order valence-electron chi connectivity index (χ3n) is 2.46. The molecule has 5 nitrogen and oxygen atoms in total. The maximum absolute atomic E-state index is 11.4. The molecule has 2 amide bonds. The number of aliphatic carboxylic acids is 1. The molecule has 0 aromatic heterocycles. The molecule has 0 heterocycles. The van der Waals surface area contributed by atoms with Crippen LogP contribution in [0.5, 0.6) is 0 Å². The van der Waals surface area contributed by atoms with Gasteiger partial charge in [0, 0.05) is 6.54 Å². The van der Waals surface area contributed by atoms with E-state index in [0.29, 0.717) is 18.9 Å². The number of carbonyl (C=O) groups excluding carboxylic acids is 1. The first-order chi connectivity index (χ1) is 7.97. The zero-order chi connectivity index (χ0) is 13.3. The molecule has 0 aliphatic rings. The van der Waals surface area contributed by atoms with Crippen LogP contribution >= 0.6 is 0 Å². The summed E-state index contributed by atoms with van der Waals surface area (Å²) >= 11 is 0. The Balaban J connectivity index is 3.91. The number of nitrogens with one attached hydrogen (secondary N) is 2. The molecule has 0 spiro atoms. The van der Waals surface area contributed by atoms with Gasteiger partial charge < -0.3 is 15.7 Å². The van der Waals surface area contributed by atoms with E-state index in [4.69, 9.17) is 5.11 Å². The molecule has 1 atom stereocenters. The van der Waals surface area contributed by atoms with Crippen LogP contribution in [0, 0.1) is 5.92 Å². The number of urea groups is 1. The molecule has 0 rings (SSSR count). The summed E-state index contributed by atoms with van der Waals surface area (Å²) in [5.41, 5.74) is 0. The Bertz CT molecular complexity index is 242. The van der Waals surface area contributed by atoms with Crippen LogP contribution in [0.15, 0.2) is 0 Å². The standard InChI is InChI=1S/C12H24N2O3/c1-4-5-6-10(11(15)16)14-12(17)13-8-7-9(2)3/h9-10H,4-8H2,1-3H3,(H,15,16)(H2,13,14,17)/t10-/m0/s1. The summed E-state index contributed by atoms with van der Waals surface area (Å²) in [6, 6.07) is -1.18. The van der Waals surface area contributed by atoms with Gasteiger partial charge in [0.05, 0.1) is 0 Å². The fraction of sp³-hybridized carbons (Fsp3) is 0.833. The lowest BCUT2D eigenvalue weighted by atomic mass is 10.1. The quantitative estimate of drug-likeness (QED) is 0.611. The second kappa shape index (κ2) is 8.84. The van der Waals surface area contributed by atoms with Gasteiger partial charge in [0.25, 0.3) is 0 Å². The number of rotatable bonds is 8. The summed E-state index contributed by atoms with van der Waals surface area (Å²) in [4.78, 5) is 22.3. The fourth-order valence-corrected chi connectivity index (χ4v) is 1.35. The molecule has 100 valence electrons. The highest BCUT2D eigenvalue weighted by Gasteiger charge is 2.18. The number of unbranched alkanes of at least 4 members (excludes halogenated alkanes) is 1. The van der Waals surface area contributed by atoms with E-state index in [2.05, 4.69) is 24.5 Å². The molecular formula is C12H24N2O3. The van der Waals surface area contributed by atoms with Crippen LogP contribution in [0.3, 0.4) is 0 Å². The van der Waals surface area contributed by atoms with Gasteiger partial charge in [0.1, 0.15) is 6.04 Å². The molecule has 0 saturated carbocycles. The molecule has 3 N–H and O–H groups in total. The molecule has 17 heavy (non-hydrogen) atoms. The minimum Gasteiger partial charge on any atom is -0.480 e. The summed E-state index contributed by atoms with van der Waals surface area (Å²) in [6.07, 6.45) is 3.08. The highest BCUT2D eigenvalue weighted by molar-refractivity contribution is 5.82. The summed E-state index contributed by atoms with van der Waals surface area (Å²) in [6.45, 7) is 6.70. The Labute approximate surface area is 103 Å². The first-order valence-corrected chi connectivity index (χ1v) is 6.24. The fourth-order valence-electron chi connectivity index (χ4n) is 1.35. The van der Waals surface area contributed by atoms with Crippen molar-refractivity contribution in [2.24, 2.45) is 5.92 Å². The van der Waals surface area contributed by atoms with Crippen molar-refractivity contribution >= 4 is 12.0 Å². The Hall–Kier alpha value is -1.26. The number of carboxylic acid groups (broad SMARTS) is 1. The van der Waals surface area contributed by atoms with Crippen LogP contribution in [0.2, 0.25) is 0 Å². The normalized spacial score (nSPS) is 12.2. The molecular weight excluding hydrogens is 220 g/mol. The summed E-state index contributed by atoms with van der Waals surface area (Å²) in [5.74, 6) is -0.455. The predicted octanol–water partition coefficient (Wildman–Crippen LogP) is 1.98. The Morgan fingerprint density at radius 1 is 1.24 bits per heavy atom. The monoisotopic (exact) mass is 244 g/mol. The van der Waals surface area contributed by atoms with Gasteiger partial charge in [-0.2, -0.15) is 0 Å². The van der Waals surface area contributed by atoms with Crippen LogP contribution in [0.1, 0.15) is 46.5 Å². The highest BCUT2D eigenvalue weighted by Crippen LogP contribution is 2.01. The van der Waals surface area contributed by atoms with Gasteiger partial charge in [-0.05, 0) is 18.8 Å². The van der Waals surface area contributed by atoms with Gasteiger partial charge in [-0.3, -0.25) is 0 Å². The van der Waals surface area contributed by atoms with Crippen molar-refractivity contribution < 1.29 is 14.7 Å². The van der Waals surface area contributed by atoms with Crippen molar-refractivity contribution in [3.05, 3.63) is 0 Å². The van der Waals surface area contributed by atoms with E-state index in [1.54, 1.807) is 0 Å². The SMILES string of the molecule is CCCC[C@H](NC(=O)NCCC(C)C)C(=O)O. The minimum atomic E-state index is -0.975. The molecule has 0 aromatic rings. The van der Waals surface area contributed by atoms with Gasteiger partial charge >= 0.3 is 12.0 Å². The van der Waals surface area contributed by atoms with Gasteiger partial charge in [-0.1, -0.05) is 33.6 Å². The third kappa shape index (κ3) is 8.54. The Morgan fingerprint density at radius 3 is 2.35 bits per heavy atom. The van der Waals surface area contributed by atoms with E-state index in [9.17, 15) is 9.59 Å². The lowest BCUT2D eigenvalue weighted by Crippen LogP contribution is -2.46. The van der Waals surface area contributed by atoms with E-state index in [1.807, 2.05) is 6.92 Å². The number of hydrogen-bond donors (Lipinski definition) is 3. The van der Waals surface area contributed by atoms with Crippen molar-refractivity contribution in [1.29, 1.82) is 0 Å². The average molecular weight is 244 g/mol. The van der Waals surface area contributed by atoms with Gasteiger partial charge in [0.15, 0.2) is 0 Å². The molecule has 0 aliphatic carbocycles. The molecule has 0 aliphatic heterocycles. The van der Waals surface area contributed by atoms with Gasteiger partial charge in [0.2, 0.25) is 0 Å². The smallest absolute Gasteiger partial charge is 0.326 e. The minimum absolute atomic E-state index is 0.394. The van der Waals surface area contributed by atoms with Crippen LogP contribution in [-0.2, 0) is 4.79 Å².